The number of ether oxygens (including phenoxy) is 1. The summed E-state index contributed by atoms with van der Waals surface area (Å²) in [6.45, 7) is 2.08. The topological polar surface area (TPSA) is 26.3 Å². The lowest BCUT2D eigenvalue weighted by Crippen LogP contribution is -2.07. The predicted octanol–water partition coefficient (Wildman–Crippen LogP) is 4.88. The third-order valence-electron chi connectivity index (χ3n) is 3.94. The molecule has 0 saturated heterocycles. The Balaban J connectivity index is 1.96. The first-order valence-corrected chi connectivity index (χ1v) is 8.02. The molecule has 2 aromatic rings. The molecule has 1 aliphatic heterocycles. The number of carbonyl (C=O) groups is 1. The number of cyclic esters (lactones) is 1. The van der Waals surface area contributed by atoms with Gasteiger partial charge in [-0.25, -0.2) is 4.79 Å². The summed E-state index contributed by atoms with van der Waals surface area (Å²) in [4.78, 5) is 12.3. The lowest BCUT2D eigenvalue weighted by molar-refractivity contribution is -0.138. The van der Waals surface area contributed by atoms with Crippen LogP contribution in [0.2, 0.25) is 0 Å². The Morgan fingerprint density at radius 3 is 2.30 bits per heavy atom. The Hall–Kier alpha value is -2.61. The Morgan fingerprint density at radius 2 is 1.65 bits per heavy atom. The second kappa shape index (κ2) is 7.10. The normalized spacial score (nSPS) is 17.8. The van der Waals surface area contributed by atoms with Crippen molar-refractivity contribution >= 4 is 17.6 Å². The Bertz CT molecular complexity index is 727. The molecule has 1 aliphatic rings. The van der Waals surface area contributed by atoms with E-state index in [0.717, 1.165) is 35.1 Å². The molecule has 1 heterocycles. The molecule has 2 nitrogen and oxygen atoms in total. The van der Waals surface area contributed by atoms with Gasteiger partial charge < -0.3 is 4.74 Å². The lowest BCUT2D eigenvalue weighted by Gasteiger charge is -2.10. The van der Waals surface area contributed by atoms with Crippen LogP contribution < -0.4 is 0 Å². The molecule has 0 bridgehead atoms. The van der Waals surface area contributed by atoms with E-state index in [0.29, 0.717) is 0 Å². The summed E-state index contributed by atoms with van der Waals surface area (Å²) < 4.78 is 5.62. The minimum atomic E-state index is -0.313. The highest BCUT2D eigenvalue weighted by Gasteiger charge is 2.32. The monoisotopic (exact) mass is 304 g/mol. The van der Waals surface area contributed by atoms with E-state index in [1.165, 1.54) is 0 Å². The van der Waals surface area contributed by atoms with Crippen molar-refractivity contribution in [3.8, 4) is 0 Å². The fourth-order valence-corrected chi connectivity index (χ4v) is 2.87. The van der Waals surface area contributed by atoms with Gasteiger partial charge in [-0.1, -0.05) is 80.1 Å². The molecule has 3 rings (SSSR count). The van der Waals surface area contributed by atoms with Gasteiger partial charge in [0.15, 0.2) is 0 Å². The smallest absolute Gasteiger partial charge is 0.335 e. The van der Waals surface area contributed by atoms with Crippen molar-refractivity contribution in [3.63, 3.8) is 0 Å². The molecule has 2 heteroatoms. The third-order valence-corrected chi connectivity index (χ3v) is 3.94. The molecular weight excluding hydrogens is 284 g/mol. The van der Waals surface area contributed by atoms with Gasteiger partial charge in [-0.2, -0.15) is 0 Å². The summed E-state index contributed by atoms with van der Waals surface area (Å²) in [7, 11) is 0. The second-order valence-electron chi connectivity index (χ2n) is 5.60. The molecule has 2 aromatic carbocycles. The van der Waals surface area contributed by atoms with Crippen molar-refractivity contribution in [2.75, 3.05) is 0 Å². The highest BCUT2D eigenvalue weighted by Crippen LogP contribution is 2.34. The van der Waals surface area contributed by atoms with Crippen LogP contribution in [0.1, 0.15) is 30.9 Å². The Morgan fingerprint density at radius 1 is 1.00 bits per heavy atom. The molecule has 0 aromatic heterocycles. The number of hydrogen-bond acceptors (Lipinski definition) is 2. The van der Waals surface area contributed by atoms with E-state index in [-0.39, 0.29) is 12.1 Å². The van der Waals surface area contributed by atoms with Crippen LogP contribution in [0.5, 0.6) is 0 Å². The van der Waals surface area contributed by atoms with Crippen molar-refractivity contribution in [2.45, 2.75) is 25.9 Å². The maximum atomic E-state index is 12.3. The minimum absolute atomic E-state index is 0.187. The van der Waals surface area contributed by atoms with E-state index in [1.54, 1.807) is 0 Å². The number of benzene rings is 2. The second-order valence-corrected chi connectivity index (χ2v) is 5.60. The van der Waals surface area contributed by atoms with Crippen molar-refractivity contribution in [2.24, 2.45) is 0 Å². The van der Waals surface area contributed by atoms with Gasteiger partial charge in [0.1, 0.15) is 6.10 Å². The fraction of sp³-hybridized carbons (Fsp3) is 0.190. The molecular formula is C21H20O2. The van der Waals surface area contributed by atoms with Crippen LogP contribution in [0.3, 0.4) is 0 Å². The standard InChI is InChI=1S/C21H20O2/c1-2-9-18-20(17-12-7-4-8-13-17)19(23-21(18)22)15-14-16-10-5-3-6-11-16/h3-8,10-15,19H,2,9H2,1H3/b15-14+. The predicted molar refractivity (Wildman–Crippen MR) is 93.6 cm³/mol. The largest absolute Gasteiger partial charge is 0.450 e. The zero-order valence-electron chi connectivity index (χ0n) is 13.2. The van der Waals surface area contributed by atoms with Crippen LogP contribution in [0.15, 0.2) is 72.3 Å². The summed E-state index contributed by atoms with van der Waals surface area (Å²) in [5, 5.41) is 0. The zero-order valence-corrected chi connectivity index (χ0v) is 13.2. The van der Waals surface area contributed by atoms with E-state index < -0.39 is 0 Å². The zero-order chi connectivity index (χ0) is 16.1. The van der Waals surface area contributed by atoms with Crippen molar-refractivity contribution in [3.05, 3.63) is 83.4 Å². The van der Waals surface area contributed by atoms with Gasteiger partial charge in [0, 0.05) is 11.1 Å². The first-order chi connectivity index (χ1) is 11.3. The summed E-state index contributed by atoms with van der Waals surface area (Å²) in [6.07, 6.45) is 5.34. The molecule has 116 valence electrons. The summed E-state index contributed by atoms with van der Waals surface area (Å²) in [5.41, 5.74) is 3.97. The van der Waals surface area contributed by atoms with Gasteiger partial charge in [-0.05, 0) is 23.6 Å². The van der Waals surface area contributed by atoms with E-state index >= 15 is 0 Å². The minimum Gasteiger partial charge on any atom is -0.450 e. The first-order valence-electron chi connectivity index (χ1n) is 8.02. The van der Waals surface area contributed by atoms with Crippen LogP contribution in [0.25, 0.3) is 11.6 Å². The van der Waals surface area contributed by atoms with Crippen LogP contribution in [-0.4, -0.2) is 12.1 Å². The summed E-state index contributed by atoms with van der Waals surface area (Å²) >= 11 is 0. The molecule has 1 atom stereocenters. The van der Waals surface area contributed by atoms with Gasteiger partial charge >= 0.3 is 5.97 Å². The number of esters is 1. The van der Waals surface area contributed by atoms with E-state index in [2.05, 4.69) is 6.92 Å². The third kappa shape index (κ3) is 3.42. The lowest BCUT2D eigenvalue weighted by atomic mass is 9.94. The molecule has 1 unspecified atom stereocenters. The van der Waals surface area contributed by atoms with Crippen LogP contribution in [0.4, 0.5) is 0 Å². The van der Waals surface area contributed by atoms with Crippen molar-refractivity contribution in [1.29, 1.82) is 0 Å². The molecule has 0 fully saturated rings. The highest BCUT2D eigenvalue weighted by atomic mass is 16.5. The maximum Gasteiger partial charge on any atom is 0.335 e. The maximum absolute atomic E-state index is 12.3. The first kappa shape index (κ1) is 15.3. The van der Waals surface area contributed by atoms with Gasteiger partial charge in [0.2, 0.25) is 0 Å². The molecule has 0 amide bonds. The van der Waals surface area contributed by atoms with E-state index in [9.17, 15) is 4.79 Å². The van der Waals surface area contributed by atoms with Crippen LogP contribution >= 0.6 is 0 Å². The average molecular weight is 304 g/mol. The van der Waals surface area contributed by atoms with Crippen molar-refractivity contribution in [1.82, 2.24) is 0 Å². The van der Waals surface area contributed by atoms with Gasteiger partial charge in [0.05, 0.1) is 0 Å². The van der Waals surface area contributed by atoms with Crippen LogP contribution in [0, 0.1) is 0 Å². The highest BCUT2D eigenvalue weighted by molar-refractivity contribution is 6.03. The van der Waals surface area contributed by atoms with Gasteiger partial charge in [0.25, 0.3) is 0 Å². The molecule has 0 saturated carbocycles. The number of carbonyl (C=O) groups excluding carboxylic acids is 1. The SMILES string of the molecule is CCCC1=C(c2ccccc2)C(/C=C/c2ccccc2)OC1=O. The van der Waals surface area contributed by atoms with Crippen LogP contribution in [-0.2, 0) is 9.53 Å². The average Bonchev–Trinajstić information content (AvgIpc) is 2.91. The van der Waals surface area contributed by atoms with Gasteiger partial charge in [-0.3, -0.25) is 0 Å². The molecule has 0 N–H and O–H groups in total. The summed E-state index contributed by atoms with van der Waals surface area (Å²) in [5.74, 6) is -0.187. The Labute approximate surface area is 137 Å². The van der Waals surface area contributed by atoms with Crippen molar-refractivity contribution < 1.29 is 9.53 Å². The fourth-order valence-electron chi connectivity index (χ4n) is 2.87. The number of hydrogen-bond donors (Lipinski definition) is 0. The molecule has 0 aliphatic carbocycles. The summed E-state index contributed by atoms with van der Waals surface area (Å²) in [6, 6.07) is 20.1. The quantitative estimate of drug-likeness (QED) is 0.736. The Kier molecular flexibility index (Phi) is 4.72. The van der Waals surface area contributed by atoms with Gasteiger partial charge in [-0.15, -0.1) is 0 Å². The van der Waals surface area contributed by atoms with E-state index in [1.807, 2.05) is 72.8 Å². The molecule has 0 spiro atoms. The van der Waals surface area contributed by atoms with E-state index in [4.69, 9.17) is 4.74 Å². The molecule has 23 heavy (non-hydrogen) atoms. The number of rotatable bonds is 5. The molecule has 0 radical (unpaired) electrons.